The molecule has 0 saturated carbocycles. The maximum absolute atomic E-state index is 5.72. The van der Waals surface area contributed by atoms with Crippen LogP contribution >= 0.6 is 11.8 Å². The van der Waals surface area contributed by atoms with Crippen molar-refractivity contribution >= 4 is 22.8 Å². The Balaban J connectivity index is 1.43. The lowest BCUT2D eigenvalue weighted by atomic mass is 10.3. The van der Waals surface area contributed by atoms with Crippen LogP contribution in [0, 0.1) is 0 Å². The lowest BCUT2D eigenvalue weighted by Crippen LogP contribution is -1.99. The van der Waals surface area contributed by atoms with E-state index in [0.29, 0.717) is 6.61 Å². The lowest BCUT2D eigenvalue weighted by molar-refractivity contribution is 0.316. The Hall–Kier alpha value is -2.14. The van der Waals surface area contributed by atoms with E-state index in [4.69, 9.17) is 9.47 Å². The molecular weight excluding hydrogens is 296 g/mol. The van der Waals surface area contributed by atoms with E-state index in [1.54, 1.807) is 18.9 Å². The van der Waals surface area contributed by atoms with Gasteiger partial charge in [0.15, 0.2) is 5.16 Å². The molecule has 0 radical (unpaired) electrons. The number of ether oxygens (including phenoxy) is 2. The van der Waals surface area contributed by atoms with Crippen LogP contribution in [0.25, 0.3) is 11.0 Å². The van der Waals surface area contributed by atoms with E-state index in [1.807, 2.05) is 48.5 Å². The minimum atomic E-state index is 0.681. The Labute approximate surface area is 133 Å². The first kappa shape index (κ1) is 14.8. The first-order valence-electron chi connectivity index (χ1n) is 7.19. The molecule has 0 saturated heterocycles. The van der Waals surface area contributed by atoms with Gasteiger partial charge in [-0.1, -0.05) is 30.0 Å². The van der Waals surface area contributed by atoms with Crippen LogP contribution in [-0.4, -0.2) is 29.4 Å². The topological polar surface area (TPSA) is 47.1 Å². The fraction of sp³-hybridized carbons (Fsp3) is 0.235. The summed E-state index contributed by atoms with van der Waals surface area (Å²) in [5, 5.41) is 0.961. The van der Waals surface area contributed by atoms with Gasteiger partial charge in [-0.15, -0.1) is 0 Å². The van der Waals surface area contributed by atoms with Crippen molar-refractivity contribution in [1.82, 2.24) is 9.97 Å². The minimum absolute atomic E-state index is 0.681. The maximum Gasteiger partial charge on any atom is 0.166 e. The Kier molecular flexibility index (Phi) is 4.85. The highest BCUT2D eigenvalue weighted by molar-refractivity contribution is 7.99. The number of aromatic amines is 1. The van der Waals surface area contributed by atoms with Gasteiger partial charge >= 0.3 is 0 Å². The summed E-state index contributed by atoms with van der Waals surface area (Å²) in [6.45, 7) is 0.681. The molecule has 1 N–H and O–H groups in total. The van der Waals surface area contributed by atoms with E-state index in [9.17, 15) is 0 Å². The van der Waals surface area contributed by atoms with Crippen molar-refractivity contribution in [3.63, 3.8) is 0 Å². The normalized spacial score (nSPS) is 10.8. The summed E-state index contributed by atoms with van der Waals surface area (Å²) in [6, 6.07) is 15.7. The van der Waals surface area contributed by atoms with Gasteiger partial charge in [-0.25, -0.2) is 4.98 Å². The Morgan fingerprint density at radius 1 is 1.09 bits per heavy atom. The lowest BCUT2D eigenvalue weighted by Gasteiger charge is -2.07. The van der Waals surface area contributed by atoms with Crippen LogP contribution < -0.4 is 9.47 Å². The van der Waals surface area contributed by atoms with E-state index < -0.39 is 0 Å². The van der Waals surface area contributed by atoms with Crippen LogP contribution in [0.3, 0.4) is 0 Å². The third-order valence-corrected chi connectivity index (χ3v) is 4.16. The molecule has 0 amide bonds. The summed E-state index contributed by atoms with van der Waals surface area (Å²) in [5.74, 6) is 2.62. The predicted octanol–water partition coefficient (Wildman–Crippen LogP) is 4.13. The maximum atomic E-state index is 5.72. The summed E-state index contributed by atoms with van der Waals surface area (Å²) >= 11 is 1.72. The number of imidazole rings is 1. The molecule has 0 aliphatic carbocycles. The zero-order valence-corrected chi connectivity index (χ0v) is 13.2. The molecule has 1 heterocycles. The summed E-state index contributed by atoms with van der Waals surface area (Å²) in [5.41, 5.74) is 2.09. The number of rotatable bonds is 7. The highest BCUT2D eigenvalue weighted by atomic mass is 32.2. The van der Waals surface area contributed by atoms with Crippen LogP contribution in [-0.2, 0) is 0 Å². The van der Waals surface area contributed by atoms with Crippen LogP contribution in [0.2, 0.25) is 0 Å². The molecule has 22 heavy (non-hydrogen) atoms. The highest BCUT2D eigenvalue weighted by Gasteiger charge is 2.02. The number of nitrogens with one attached hydrogen (secondary N) is 1. The average Bonchev–Trinajstić information content (AvgIpc) is 2.97. The number of nitrogens with zero attached hydrogens (tertiary/aromatic N) is 1. The first-order chi connectivity index (χ1) is 10.8. The van der Waals surface area contributed by atoms with Gasteiger partial charge in [-0.05, 0) is 30.7 Å². The Bertz CT molecular complexity index is 709. The van der Waals surface area contributed by atoms with Crippen molar-refractivity contribution < 1.29 is 9.47 Å². The Morgan fingerprint density at radius 3 is 2.82 bits per heavy atom. The second-order valence-corrected chi connectivity index (χ2v) is 5.87. The molecule has 5 heteroatoms. The molecule has 0 fully saturated rings. The van der Waals surface area contributed by atoms with E-state index in [0.717, 1.165) is 39.9 Å². The number of thioether (sulfide) groups is 1. The van der Waals surface area contributed by atoms with Crippen molar-refractivity contribution in [2.24, 2.45) is 0 Å². The standard InChI is InChI=1S/C17H18N2O2S/c1-20-13-6-4-7-14(12-13)21-10-5-11-22-17-18-15-8-2-3-9-16(15)19-17/h2-4,6-9,12H,5,10-11H2,1H3,(H,18,19). The average molecular weight is 314 g/mol. The van der Waals surface area contributed by atoms with E-state index >= 15 is 0 Å². The van der Waals surface area contributed by atoms with Crippen molar-refractivity contribution in [3.05, 3.63) is 48.5 Å². The van der Waals surface area contributed by atoms with E-state index in [1.165, 1.54) is 0 Å². The second kappa shape index (κ2) is 7.22. The number of para-hydroxylation sites is 2. The van der Waals surface area contributed by atoms with Gasteiger partial charge in [0.1, 0.15) is 11.5 Å². The molecule has 0 spiro atoms. The smallest absolute Gasteiger partial charge is 0.166 e. The highest BCUT2D eigenvalue weighted by Crippen LogP contribution is 2.21. The first-order valence-corrected chi connectivity index (χ1v) is 8.18. The molecule has 0 bridgehead atoms. The molecule has 0 unspecified atom stereocenters. The molecule has 0 aliphatic rings. The zero-order valence-electron chi connectivity index (χ0n) is 12.4. The molecule has 114 valence electrons. The number of fused-ring (bicyclic) bond motifs is 1. The second-order valence-electron chi connectivity index (χ2n) is 4.79. The fourth-order valence-electron chi connectivity index (χ4n) is 2.11. The largest absolute Gasteiger partial charge is 0.497 e. The van der Waals surface area contributed by atoms with E-state index in [2.05, 4.69) is 9.97 Å². The molecule has 0 atom stereocenters. The predicted molar refractivity (Wildman–Crippen MR) is 89.9 cm³/mol. The number of methoxy groups -OCH3 is 1. The minimum Gasteiger partial charge on any atom is -0.497 e. The quantitative estimate of drug-likeness (QED) is 0.526. The fourth-order valence-corrected chi connectivity index (χ4v) is 2.91. The van der Waals surface area contributed by atoms with Crippen LogP contribution in [0.5, 0.6) is 11.5 Å². The van der Waals surface area contributed by atoms with E-state index in [-0.39, 0.29) is 0 Å². The SMILES string of the molecule is COc1cccc(OCCCSc2nc3ccccc3[nH]2)c1. The van der Waals surface area contributed by atoms with Gasteiger partial charge in [0.2, 0.25) is 0 Å². The molecule has 2 aromatic carbocycles. The van der Waals surface area contributed by atoms with Crippen molar-refractivity contribution in [2.45, 2.75) is 11.6 Å². The molecule has 0 aliphatic heterocycles. The van der Waals surface area contributed by atoms with Crippen LogP contribution in [0.4, 0.5) is 0 Å². The van der Waals surface area contributed by atoms with Gasteiger partial charge in [-0.3, -0.25) is 0 Å². The van der Waals surface area contributed by atoms with Crippen molar-refractivity contribution in [3.8, 4) is 11.5 Å². The number of hydrogen-bond acceptors (Lipinski definition) is 4. The molecular formula is C17H18N2O2S. The number of benzene rings is 2. The molecule has 3 aromatic rings. The Morgan fingerprint density at radius 2 is 1.95 bits per heavy atom. The van der Waals surface area contributed by atoms with Gasteiger partial charge < -0.3 is 14.5 Å². The number of hydrogen-bond donors (Lipinski definition) is 1. The summed E-state index contributed by atoms with van der Waals surface area (Å²) in [4.78, 5) is 7.86. The van der Waals surface area contributed by atoms with Gasteiger partial charge in [0.25, 0.3) is 0 Å². The van der Waals surface area contributed by atoms with Crippen LogP contribution in [0.1, 0.15) is 6.42 Å². The molecule has 1 aromatic heterocycles. The zero-order chi connectivity index (χ0) is 15.2. The molecule has 4 nitrogen and oxygen atoms in total. The van der Waals surface area contributed by atoms with Gasteiger partial charge in [0, 0.05) is 11.8 Å². The van der Waals surface area contributed by atoms with Gasteiger partial charge in [-0.2, -0.15) is 0 Å². The summed E-state index contributed by atoms with van der Waals surface area (Å²) in [7, 11) is 1.66. The van der Waals surface area contributed by atoms with Crippen molar-refractivity contribution in [2.75, 3.05) is 19.5 Å². The van der Waals surface area contributed by atoms with Crippen LogP contribution in [0.15, 0.2) is 53.7 Å². The number of aromatic nitrogens is 2. The summed E-state index contributed by atoms with van der Waals surface area (Å²) in [6.07, 6.45) is 0.957. The summed E-state index contributed by atoms with van der Waals surface area (Å²) < 4.78 is 10.9. The van der Waals surface area contributed by atoms with Gasteiger partial charge in [0.05, 0.1) is 24.8 Å². The van der Waals surface area contributed by atoms with Crippen molar-refractivity contribution in [1.29, 1.82) is 0 Å². The monoisotopic (exact) mass is 314 g/mol. The molecule has 3 rings (SSSR count). The third-order valence-electron chi connectivity index (χ3n) is 3.21. The number of H-pyrrole nitrogens is 1. The third kappa shape index (κ3) is 3.74.